The van der Waals surface area contributed by atoms with E-state index in [2.05, 4.69) is 4.99 Å². The molecule has 0 radical (unpaired) electrons. The molecule has 2 aliphatic heterocycles. The maximum Gasteiger partial charge on any atom is 0.283 e. The normalized spacial score (nSPS) is 21.9. The second-order valence-corrected chi connectivity index (χ2v) is 5.03. The highest BCUT2D eigenvalue weighted by atomic mass is 16.5. The van der Waals surface area contributed by atoms with E-state index in [1.54, 1.807) is 7.11 Å². The van der Waals surface area contributed by atoms with Crippen LogP contribution in [0.25, 0.3) is 0 Å². The van der Waals surface area contributed by atoms with Crippen molar-refractivity contribution in [2.24, 2.45) is 10.7 Å². The Hall–Kier alpha value is -2.69. The lowest BCUT2D eigenvalue weighted by molar-refractivity contribution is 0.258. The molecule has 0 saturated heterocycles. The van der Waals surface area contributed by atoms with E-state index in [1.165, 1.54) is 0 Å². The van der Waals surface area contributed by atoms with Gasteiger partial charge >= 0.3 is 0 Å². The number of nitrogens with two attached hydrogens (primary N) is 1. The van der Waals surface area contributed by atoms with Gasteiger partial charge in [0.2, 0.25) is 0 Å². The van der Waals surface area contributed by atoms with E-state index in [0.29, 0.717) is 12.4 Å². The fraction of sp³-hybridized carbons (Fsp3) is 0.188. The Kier molecular flexibility index (Phi) is 2.39. The zero-order valence-corrected chi connectivity index (χ0v) is 11.5. The monoisotopic (exact) mass is 282 g/mol. The van der Waals surface area contributed by atoms with Crippen LogP contribution < -0.4 is 15.2 Å². The van der Waals surface area contributed by atoms with Gasteiger partial charge in [0.1, 0.15) is 23.9 Å². The largest absolute Gasteiger partial charge is 0.496 e. The Morgan fingerprint density at radius 2 is 1.95 bits per heavy atom. The van der Waals surface area contributed by atoms with Crippen LogP contribution >= 0.6 is 0 Å². The Bertz CT molecular complexity index is 757. The highest BCUT2D eigenvalue weighted by Crippen LogP contribution is 2.53. The molecule has 21 heavy (non-hydrogen) atoms. The van der Waals surface area contributed by atoms with Crippen molar-refractivity contribution in [1.29, 1.82) is 0 Å². The maximum atomic E-state index is 6.00. The topological polar surface area (TPSA) is 66.1 Å². The first-order valence-electron chi connectivity index (χ1n) is 6.67. The molecule has 2 N–H and O–H groups in total. The number of ether oxygens (including phenoxy) is 3. The summed E-state index contributed by atoms with van der Waals surface area (Å²) in [5, 5.41) is 0. The molecule has 1 unspecified atom stereocenters. The van der Waals surface area contributed by atoms with Gasteiger partial charge in [0.25, 0.3) is 6.02 Å². The highest BCUT2D eigenvalue weighted by molar-refractivity contribution is 5.77. The first-order valence-corrected chi connectivity index (χ1v) is 6.67. The Morgan fingerprint density at radius 3 is 2.71 bits per heavy atom. The molecular weight excluding hydrogens is 268 g/mol. The van der Waals surface area contributed by atoms with E-state index in [-0.39, 0.29) is 6.02 Å². The van der Waals surface area contributed by atoms with Crippen LogP contribution in [0.1, 0.15) is 11.1 Å². The number of aliphatic imine (C=N–C) groups is 1. The number of hydrogen-bond donors (Lipinski definition) is 1. The van der Waals surface area contributed by atoms with Crippen LogP contribution in [-0.2, 0) is 10.3 Å². The Balaban J connectivity index is 2.06. The number of methoxy groups -OCH3 is 1. The molecule has 0 amide bonds. The molecule has 4 rings (SSSR count). The van der Waals surface area contributed by atoms with Crippen molar-refractivity contribution in [3.05, 3.63) is 53.6 Å². The predicted octanol–water partition coefficient (Wildman–Crippen LogP) is 2.39. The first-order chi connectivity index (χ1) is 10.2. The van der Waals surface area contributed by atoms with E-state index in [4.69, 9.17) is 19.9 Å². The van der Waals surface area contributed by atoms with E-state index in [1.807, 2.05) is 42.5 Å². The van der Waals surface area contributed by atoms with E-state index < -0.39 is 5.54 Å². The molecule has 0 bridgehead atoms. The average molecular weight is 282 g/mol. The standard InChI is InChI=1S/C16H14N2O3/c1-19-12-7-4-8-13-14(12)16(9-20-15(17)18-16)10-5-2-3-6-11(10)21-13/h2-8H,9H2,1H3,(H2,17,18). The lowest BCUT2D eigenvalue weighted by Gasteiger charge is -2.34. The van der Waals surface area contributed by atoms with Gasteiger partial charge in [0.15, 0.2) is 5.54 Å². The number of benzene rings is 2. The van der Waals surface area contributed by atoms with Crippen molar-refractivity contribution in [3.8, 4) is 17.2 Å². The third-order valence-electron chi connectivity index (χ3n) is 3.90. The molecule has 1 atom stereocenters. The lowest BCUT2D eigenvalue weighted by Crippen LogP contribution is -2.31. The molecule has 0 fully saturated rings. The molecule has 5 nitrogen and oxygen atoms in total. The van der Waals surface area contributed by atoms with Crippen molar-refractivity contribution in [1.82, 2.24) is 0 Å². The number of para-hydroxylation sites is 1. The third kappa shape index (κ3) is 1.54. The minimum absolute atomic E-state index is 0.184. The van der Waals surface area contributed by atoms with Crippen LogP contribution in [0.15, 0.2) is 47.5 Å². The molecule has 2 aromatic rings. The first kappa shape index (κ1) is 12.1. The Labute approximate surface area is 122 Å². The molecule has 0 saturated carbocycles. The summed E-state index contributed by atoms with van der Waals surface area (Å²) < 4.78 is 17.0. The van der Waals surface area contributed by atoms with Gasteiger partial charge in [-0.15, -0.1) is 0 Å². The summed E-state index contributed by atoms with van der Waals surface area (Å²) >= 11 is 0. The summed E-state index contributed by atoms with van der Waals surface area (Å²) in [6.07, 6.45) is 0. The Morgan fingerprint density at radius 1 is 1.14 bits per heavy atom. The summed E-state index contributed by atoms with van der Waals surface area (Å²) in [4.78, 5) is 4.58. The van der Waals surface area contributed by atoms with Gasteiger partial charge in [-0.3, -0.25) is 0 Å². The van der Waals surface area contributed by atoms with Crippen LogP contribution in [0, 0.1) is 0 Å². The molecule has 0 aromatic heterocycles. The smallest absolute Gasteiger partial charge is 0.283 e. The molecule has 2 aromatic carbocycles. The fourth-order valence-electron chi connectivity index (χ4n) is 3.02. The van der Waals surface area contributed by atoms with E-state index in [0.717, 1.165) is 22.6 Å². The molecule has 106 valence electrons. The summed E-state index contributed by atoms with van der Waals surface area (Å²) in [5.74, 6) is 2.19. The summed E-state index contributed by atoms with van der Waals surface area (Å²) in [6.45, 7) is 0.340. The summed E-state index contributed by atoms with van der Waals surface area (Å²) in [5.41, 5.74) is 6.87. The number of nitrogens with zero attached hydrogens (tertiary/aromatic N) is 1. The lowest BCUT2D eigenvalue weighted by atomic mass is 9.81. The number of fused-ring (bicyclic) bond motifs is 4. The molecule has 5 heteroatoms. The van der Waals surface area contributed by atoms with Crippen molar-refractivity contribution in [3.63, 3.8) is 0 Å². The zero-order chi connectivity index (χ0) is 14.4. The number of rotatable bonds is 1. The van der Waals surface area contributed by atoms with Gasteiger partial charge in [-0.25, -0.2) is 4.99 Å². The molecule has 2 heterocycles. The SMILES string of the molecule is COc1cccc2c1C1(COC(N)=N1)c1ccccc1O2. The van der Waals surface area contributed by atoms with E-state index >= 15 is 0 Å². The van der Waals surface area contributed by atoms with Crippen LogP contribution in [-0.4, -0.2) is 19.7 Å². The van der Waals surface area contributed by atoms with Crippen LogP contribution in [0.4, 0.5) is 0 Å². The average Bonchev–Trinajstić information content (AvgIpc) is 2.89. The van der Waals surface area contributed by atoms with Gasteiger partial charge in [-0.05, 0) is 18.2 Å². The number of hydrogen-bond acceptors (Lipinski definition) is 5. The highest BCUT2D eigenvalue weighted by Gasteiger charge is 2.48. The predicted molar refractivity (Wildman–Crippen MR) is 77.9 cm³/mol. The van der Waals surface area contributed by atoms with Crippen molar-refractivity contribution in [2.75, 3.05) is 13.7 Å². The van der Waals surface area contributed by atoms with Crippen LogP contribution in [0.5, 0.6) is 17.2 Å². The van der Waals surface area contributed by atoms with Gasteiger partial charge in [0.05, 0.1) is 12.7 Å². The van der Waals surface area contributed by atoms with Crippen molar-refractivity contribution < 1.29 is 14.2 Å². The minimum Gasteiger partial charge on any atom is -0.496 e. The molecular formula is C16H14N2O3. The third-order valence-corrected chi connectivity index (χ3v) is 3.90. The second-order valence-electron chi connectivity index (χ2n) is 5.03. The molecule has 0 aliphatic carbocycles. The van der Waals surface area contributed by atoms with E-state index in [9.17, 15) is 0 Å². The van der Waals surface area contributed by atoms with Crippen molar-refractivity contribution >= 4 is 6.02 Å². The van der Waals surface area contributed by atoms with Gasteiger partial charge in [-0.1, -0.05) is 24.3 Å². The minimum atomic E-state index is -0.707. The zero-order valence-electron chi connectivity index (χ0n) is 11.5. The molecule has 2 aliphatic rings. The van der Waals surface area contributed by atoms with Gasteiger partial charge in [-0.2, -0.15) is 0 Å². The van der Waals surface area contributed by atoms with Gasteiger partial charge in [0, 0.05) is 5.56 Å². The summed E-state index contributed by atoms with van der Waals surface area (Å²) in [7, 11) is 1.63. The van der Waals surface area contributed by atoms with Crippen LogP contribution in [0.3, 0.4) is 0 Å². The number of amidine groups is 1. The summed E-state index contributed by atoms with van der Waals surface area (Å²) in [6, 6.07) is 13.7. The van der Waals surface area contributed by atoms with Crippen molar-refractivity contribution in [2.45, 2.75) is 5.54 Å². The van der Waals surface area contributed by atoms with Crippen LogP contribution in [0.2, 0.25) is 0 Å². The quantitative estimate of drug-likeness (QED) is 0.872. The maximum absolute atomic E-state index is 6.00. The molecule has 1 spiro atoms. The fourth-order valence-corrected chi connectivity index (χ4v) is 3.02. The second kappa shape index (κ2) is 4.15. The van der Waals surface area contributed by atoms with Gasteiger partial charge < -0.3 is 19.9 Å².